The molecule has 5 atom stereocenters. The van der Waals surface area contributed by atoms with Crippen LogP contribution in [-0.4, -0.2) is 58.8 Å². The van der Waals surface area contributed by atoms with E-state index in [4.69, 9.17) is 14.2 Å². The molecule has 2 aliphatic carbocycles. The Labute approximate surface area is 281 Å². The number of fused-ring (bicyclic) bond motifs is 1. The first-order chi connectivity index (χ1) is 21.8. The van der Waals surface area contributed by atoms with Crippen molar-refractivity contribution in [3.63, 3.8) is 0 Å². The minimum absolute atomic E-state index is 0.246. The number of esters is 2. The van der Waals surface area contributed by atoms with Crippen molar-refractivity contribution in [2.75, 3.05) is 7.11 Å². The summed E-state index contributed by atoms with van der Waals surface area (Å²) in [6, 6.07) is 0. The van der Waals surface area contributed by atoms with Gasteiger partial charge in [-0.05, 0) is 80.2 Å². The molecule has 1 aliphatic heterocycles. The van der Waals surface area contributed by atoms with Crippen LogP contribution in [0.25, 0.3) is 0 Å². The van der Waals surface area contributed by atoms with Crippen LogP contribution in [0, 0.1) is 22.7 Å². The molecule has 7 nitrogen and oxygen atoms in total. The highest BCUT2D eigenvalue weighted by Crippen LogP contribution is 2.52. The van der Waals surface area contributed by atoms with E-state index in [2.05, 4.69) is 31.4 Å². The van der Waals surface area contributed by atoms with Gasteiger partial charge in [0.1, 0.15) is 12.2 Å². The molecule has 0 radical (unpaired) electrons. The predicted molar refractivity (Wildman–Crippen MR) is 185 cm³/mol. The van der Waals surface area contributed by atoms with Crippen LogP contribution < -0.4 is 0 Å². The Morgan fingerprint density at radius 3 is 2.21 bits per heavy atom. The number of rotatable bonds is 7. The fourth-order valence-electron chi connectivity index (χ4n) is 7.28. The monoisotopic (exact) mass is 644 g/mol. The molecule has 3 aliphatic rings. The second-order valence-electron chi connectivity index (χ2n) is 14.6. The lowest BCUT2D eigenvalue weighted by atomic mass is 9.65. The van der Waals surface area contributed by atoms with E-state index in [0.29, 0.717) is 31.3 Å². The second-order valence-corrected chi connectivity index (χ2v) is 14.6. The normalized spacial score (nSPS) is 30.6. The fraction of sp³-hybridized carbons (Fsp3) is 0.525. The standard InChI is InChI=1S/C40H52O7/c1-27(18-15-19-32(36(43)45-10)33-22-35-37(4,5)23-30(42)24-40(35,9)47-33)16-13-11-12-14-17-28(2)20-21-34-38(6,7)25-31(46-29(3)41)26-39(34,8)44/h11-14,16-17,19-20,22,30-31,33,42,44H,23-26H2,1-10H3/b13-11+,14-12+,27-16+,28-17+,32-19-/t21?,30-,31-,33+,39+,40+/m0/s1. The molecule has 0 unspecified atom stereocenters. The molecule has 0 saturated heterocycles. The van der Waals surface area contributed by atoms with Crippen LogP contribution in [0.15, 0.2) is 88.3 Å². The van der Waals surface area contributed by atoms with Crippen molar-refractivity contribution in [3.05, 3.63) is 88.3 Å². The fourth-order valence-corrected chi connectivity index (χ4v) is 7.28. The first-order valence-corrected chi connectivity index (χ1v) is 16.2. The Bertz CT molecular complexity index is 1520. The largest absolute Gasteiger partial charge is 0.466 e. The highest BCUT2D eigenvalue weighted by molar-refractivity contribution is 5.91. The SMILES string of the molecule is COC(=O)/C(=C\C#C/C(C)=C/C=C/C=C/C=C(\C)C=C=C1C(C)(C)C[C@H](OC(C)=O)C[C@@]1(C)O)[C@H]1C=C2C(C)(C)C[C@H](O)C[C@@]2(C)O1. The number of aliphatic hydroxyl groups is 2. The molecule has 254 valence electrons. The average molecular weight is 645 g/mol. The molecule has 0 amide bonds. The van der Waals surface area contributed by atoms with Crippen LogP contribution in [0.3, 0.4) is 0 Å². The summed E-state index contributed by atoms with van der Waals surface area (Å²) < 4.78 is 16.8. The summed E-state index contributed by atoms with van der Waals surface area (Å²) in [6.45, 7) is 17.2. The molecule has 2 fully saturated rings. The van der Waals surface area contributed by atoms with Crippen LogP contribution in [-0.2, 0) is 23.8 Å². The number of hydrogen-bond acceptors (Lipinski definition) is 7. The van der Waals surface area contributed by atoms with Crippen LogP contribution in [0.2, 0.25) is 0 Å². The van der Waals surface area contributed by atoms with E-state index in [1.807, 2.05) is 83.2 Å². The van der Waals surface area contributed by atoms with Crippen molar-refractivity contribution >= 4 is 11.9 Å². The first-order valence-electron chi connectivity index (χ1n) is 16.2. The minimum Gasteiger partial charge on any atom is -0.466 e. The maximum absolute atomic E-state index is 12.7. The van der Waals surface area contributed by atoms with Crippen molar-refractivity contribution < 1.29 is 34.0 Å². The minimum atomic E-state index is -1.12. The lowest BCUT2D eigenvalue weighted by Gasteiger charge is -2.44. The molecule has 2 N–H and O–H groups in total. The van der Waals surface area contributed by atoms with E-state index in [-0.39, 0.29) is 22.9 Å². The van der Waals surface area contributed by atoms with Crippen molar-refractivity contribution in [1.29, 1.82) is 0 Å². The lowest BCUT2D eigenvalue weighted by Crippen LogP contribution is -2.46. The molecule has 7 heteroatoms. The van der Waals surface area contributed by atoms with E-state index in [1.165, 1.54) is 14.0 Å². The Morgan fingerprint density at radius 1 is 0.936 bits per heavy atom. The van der Waals surface area contributed by atoms with Crippen molar-refractivity contribution in [3.8, 4) is 11.8 Å². The molecule has 47 heavy (non-hydrogen) atoms. The Balaban J connectivity index is 1.67. The molecular weight excluding hydrogens is 592 g/mol. The Hall–Kier alpha value is -3.66. The van der Waals surface area contributed by atoms with Gasteiger partial charge in [-0.2, -0.15) is 0 Å². The van der Waals surface area contributed by atoms with Gasteiger partial charge in [0.15, 0.2) is 0 Å². The van der Waals surface area contributed by atoms with Gasteiger partial charge in [-0.1, -0.05) is 76.0 Å². The maximum atomic E-state index is 12.7. The van der Waals surface area contributed by atoms with Gasteiger partial charge in [0.05, 0.1) is 30.0 Å². The van der Waals surface area contributed by atoms with Gasteiger partial charge in [-0.15, -0.1) is 5.73 Å². The van der Waals surface area contributed by atoms with Crippen LogP contribution in [0.4, 0.5) is 0 Å². The van der Waals surface area contributed by atoms with E-state index >= 15 is 0 Å². The zero-order chi connectivity index (χ0) is 35.2. The summed E-state index contributed by atoms with van der Waals surface area (Å²) in [4.78, 5) is 24.1. The van der Waals surface area contributed by atoms with Crippen molar-refractivity contribution in [1.82, 2.24) is 0 Å². The third kappa shape index (κ3) is 9.92. The molecular formula is C40H52O7. The number of carbonyl (C=O) groups excluding carboxylic acids is 2. The van der Waals surface area contributed by atoms with Crippen molar-refractivity contribution in [2.45, 2.75) is 118 Å². The Kier molecular flexibility index (Phi) is 12.1. The molecule has 2 saturated carbocycles. The van der Waals surface area contributed by atoms with Gasteiger partial charge in [0.25, 0.3) is 0 Å². The van der Waals surface area contributed by atoms with E-state index in [1.54, 1.807) is 13.0 Å². The van der Waals surface area contributed by atoms with Gasteiger partial charge in [0.2, 0.25) is 0 Å². The second kappa shape index (κ2) is 15.0. The maximum Gasteiger partial charge on any atom is 0.337 e. The molecule has 0 bridgehead atoms. The van der Waals surface area contributed by atoms with Gasteiger partial charge < -0.3 is 24.4 Å². The third-order valence-electron chi connectivity index (χ3n) is 8.99. The summed E-state index contributed by atoms with van der Waals surface area (Å²) in [7, 11) is 1.34. The van der Waals surface area contributed by atoms with E-state index in [0.717, 1.165) is 22.3 Å². The smallest absolute Gasteiger partial charge is 0.337 e. The van der Waals surface area contributed by atoms with E-state index in [9.17, 15) is 19.8 Å². The number of hydrogen-bond donors (Lipinski definition) is 2. The summed E-state index contributed by atoms with van der Waals surface area (Å²) in [5.74, 6) is 5.20. The quantitative estimate of drug-likeness (QED) is 0.0773. The highest BCUT2D eigenvalue weighted by atomic mass is 16.5. The zero-order valence-corrected chi connectivity index (χ0v) is 29.7. The molecule has 0 spiro atoms. The summed E-state index contributed by atoms with van der Waals surface area (Å²) in [6.07, 6.45) is 17.6. The summed E-state index contributed by atoms with van der Waals surface area (Å²) in [5.41, 5.74) is 4.92. The number of aliphatic hydroxyl groups excluding tert-OH is 1. The zero-order valence-electron chi connectivity index (χ0n) is 29.7. The van der Waals surface area contributed by atoms with Crippen LogP contribution in [0.5, 0.6) is 0 Å². The average Bonchev–Trinajstić information content (AvgIpc) is 3.28. The molecule has 0 aromatic carbocycles. The van der Waals surface area contributed by atoms with Gasteiger partial charge in [-0.25, -0.2) is 4.79 Å². The molecule has 3 rings (SSSR count). The van der Waals surface area contributed by atoms with Gasteiger partial charge >= 0.3 is 11.9 Å². The number of allylic oxidation sites excluding steroid dienone is 9. The summed E-state index contributed by atoms with van der Waals surface area (Å²) in [5, 5.41) is 21.5. The Morgan fingerprint density at radius 2 is 1.60 bits per heavy atom. The third-order valence-corrected chi connectivity index (χ3v) is 8.99. The highest BCUT2D eigenvalue weighted by Gasteiger charge is 2.51. The van der Waals surface area contributed by atoms with Crippen molar-refractivity contribution in [2.24, 2.45) is 10.8 Å². The molecule has 1 heterocycles. The topological polar surface area (TPSA) is 102 Å². The van der Waals surface area contributed by atoms with Gasteiger partial charge in [0, 0.05) is 31.4 Å². The number of ether oxygens (including phenoxy) is 3. The van der Waals surface area contributed by atoms with Crippen LogP contribution in [0.1, 0.15) is 88.0 Å². The summed E-state index contributed by atoms with van der Waals surface area (Å²) >= 11 is 0. The van der Waals surface area contributed by atoms with Crippen LogP contribution >= 0.6 is 0 Å². The van der Waals surface area contributed by atoms with E-state index < -0.39 is 29.4 Å². The lowest BCUT2D eigenvalue weighted by molar-refractivity contribution is -0.152. The number of methoxy groups -OCH3 is 1. The molecule has 0 aromatic rings. The predicted octanol–water partition coefficient (Wildman–Crippen LogP) is 6.94. The number of carbonyl (C=O) groups is 2. The molecule has 0 aromatic heterocycles. The first kappa shape index (κ1) is 37.8. The van der Waals surface area contributed by atoms with Gasteiger partial charge in [-0.3, -0.25) is 4.79 Å².